The first-order valence-corrected chi connectivity index (χ1v) is 16.1. The Balaban J connectivity index is 1.83. The minimum Gasteiger partial charge on any atom is -0.492 e. The van der Waals surface area contributed by atoms with E-state index in [0.29, 0.717) is 16.3 Å². The van der Waals surface area contributed by atoms with E-state index >= 15 is 0 Å². The Labute approximate surface area is 264 Å². The van der Waals surface area contributed by atoms with Crippen molar-refractivity contribution in [2.45, 2.75) is 37.8 Å². The van der Waals surface area contributed by atoms with E-state index in [0.717, 1.165) is 15.4 Å². The zero-order valence-corrected chi connectivity index (χ0v) is 26.5. The number of aryl methyl sites for hydroxylation is 1. The molecule has 0 heterocycles. The number of carbonyl (C=O) groups is 2. The summed E-state index contributed by atoms with van der Waals surface area (Å²) in [4.78, 5) is 29.3. The summed E-state index contributed by atoms with van der Waals surface area (Å²) in [5.74, 6) is -0.670. The average Bonchev–Trinajstić information content (AvgIpc) is 3.03. The van der Waals surface area contributed by atoms with E-state index < -0.39 is 34.4 Å². The van der Waals surface area contributed by atoms with Crippen molar-refractivity contribution in [2.75, 3.05) is 24.5 Å². The second-order valence-electron chi connectivity index (χ2n) is 10.2. The van der Waals surface area contributed by atoms with Crippen LogP contribution in [0, 0.1) is 6.92 Å². The highest BCUT2D eigenvalue weighted by Gasteiger charge is 2.35. The van der Waals surface area contributed by atoms with Crippen LogP contribution in [-0.2, 0) is 32.6 Å². The van der Waals surface area contributed by atoms with Crippen LogP contribution in [0.1, 0.15) is 23.6 Å². The number of sulfonamides is 1. The molecule has 0 bridgehead atoms. The number of ether oxygens (including phenoxy) is 1. The van der Waals surface area contributed by atoms with E-state index in [1.165, 1.54) is 24.1 Å². The molecule has 0 aliphatic carbocycles. The van der Waals surface area contributed by atoms with Gasteiger partial charge in [0.15, 0.2) is 0 Å². The van der Waals surface area contributed by atoms with Gasteiger partial charge in [0.2, 0.25) is 11.8 Å². The van der Waals surface area contributed by atoms with Gasteiger partial charge in [-0.1, -0.05) is 90.0 Å². The van der Waals surface area contributed by atoms with Crippen molar-refractivity contribution in [1.29, 1.82) is 0 Å². The molecule has 10 heteroatoms. The molecular weight excluding hydrogens is 598 g/mol. The maximum atomic E-state index is 14.5. The van der Waals surface area contributed by atoms with E-state index in [1.807, 2.05) is 37.3 Å². The molecule has 1 N–H and O–H groups in total. The molecule has 0 spiro atoms. The minimum absolute atomic E-state index is 0.0189. The predicted octanol–water partition coefficient (Wildman–Crippen LogP) is 5.63. The molecule has 0 fully saturated rings. The van der Waals surface area contributed by atoms with Crippen LogP contribution in [0.4, 0.5) is 5.69 Å². The van der Waals surface area contributed by atoms with Crippen molar-refractivity contribution in [3.05, 3.63) is 125 Å². The summed E-state index contributed by atoms with van der Waals surface area (Å²) in [6.07, 6.45) is 0.205. The summed E-state index contributed by atoms with van der Waals surface area (Å²) in [5.41, 5.74) is 2.55. The summed E-state index contributed by atoms with van der Waals surface area (Å²) in [5, 5.41) is 3.10. The quantitative estimate of drug-likeness (QED) is 0.206. The van der Waals surface area contributed by atoms with Crippen LogP contribution in [0.5, 0.6) is 5.75 Å². The zero-order valence-electron chi connectivity index (χ0n) is 24.9. The zero-order chi connectivity index (χ0) is 31.7. The third-order valence-electron chi connectivity index (χ3n) is 7.14. The topological polar surface area (TPSA) is 96.0 Å². The Morgan fingerprint density at radius 1 is 0.886 bits per heavy atom. The van der Waals surface area contributed by atoms with Gasteiger partial charge >= 0.3 is 0 Å². The van der Waals surface area contributed by atoms with Crippen molar-refractivity contribution in [1.82, 2.24) is 10.2 Å². The molecule has 0 saturated heterocycles. The Morgan fingerprint density at radius 3 is 2.18 bits per heavy atom. The standard InChI is InChI=1S/C34H36ClN3O5S/c1-4-43-32-17-11-10-16-30(32)38(44(41,42)28-20-18-25(2)19-21-28)24-33(39)37(23-27-14-8-9-15-29(27)35)31(34(40)36-3)22-26-12-6-5-7-13-26/h5-21,31H,4,22-24H2,1-3H3,(H,36,40). The molecule has 0 saturated carbocycles. The van der Waals surface area contributed by atoms with E-state index in [1.54, 1.807) is 67.6 Å². The van der Waals surface area contributed by atoms with Crippen LogP contribution in [-0.4, -0.2) is 51.4 Å². The SMILES string of the molecule is CCOc1ccccc1N(CC(=O)N(Cc1ccccc1Cl)C(Cc1ccccc1)C(=O)NC)S(=O)(=O)c1ccc(C)cc1. The van der Waals surface area contributed by atoms with Crippen molar-refractivity contribution in [2.24, 2.45) is 0 Å². The molecule has 4 rings (SSSR count). The number of para-hydroxylation sites is 2. The maximum Gasteiger partial charge on any atom is 0.264 e. The molecule has 44 heavy (non-hydrogen) atoms. The smallest absolute Gasteiger partial charge is 0.264 e. The number of hydrogen-bond donors (Lipinski definition) is 1. The molecule has 4 aromatic carbocycles. The number of halogens is 1. The highest BCUT2D eigenvalue weighted by atomic mass is 35.5. The number of hydrogen-bond acceptors (Lipinski definition) is 5. The molecule has 0 aliphatic rings. The Morgan fingerprint density at radius 2 is 1.52 bits per heavy atom. The number of rotatable bonds is 13. The van der Waals surface area contributed by atoms with E-state index in [9.17, 15) is 18.0 Å². The van der Waals surface area contributed by atoms with E-state index in [2.05, 4.69) is 5.32 Å². The summed E-state index contributed by atoms with van der Waals surface area (Å²) >= 11 is 6.51. The first kappa shape index (κ1) is 32.6. The molecule has 0 aromatic heterocycles. The molecule has 2 amide bonds. The average molecular weight is 634 g/mol. The largest absolute Gasteiger partial charge is 0.492 e. The number of anilines is 1. The molecule has 4 aromatic rings. The third-order valence-corrected chi connectivity index (χ3v) is 9.28. The lowest BCUT2D eigenvalue weighted by molar-refractivity contribution is -0.139. The van der Waals surface area contributed by atoms with Crippen LogP contribution in [0.3, 0.4) is 0 Å². The molecular formula is C34H36ClN3O5S. The molecule has 1 atom stereocenters. The number of nitrogens with one attached hydrogen (secondary N) is 1. The number of benzene rings is 4. The summed E-state index contributed by atoms with van der Waals surface area (Å²) in [7, 11) is -2.75. The Kier molecular flexibility index (Phi) is 11.0. The van der Waals surface area contributed by atoms with Crippen LogP contribution in [0.2, 0.25) is 5.02 Å². The van der Waals surface area contributed by atoms with Gasteiger partial charge in [0, 0.05) is 25.0 Å². The van der Waals surface area contributed by atoms with Gasteiger partial charge in [-0.2, -0.15) is 0 Å². The van der Waals surface area contributed by atoms with Crippen molar-refractivity contribution in [3.63, 3.8) is 0 Å². The van der Waals surface area contributed by atoms with Crippen molar-refractivity contribution < 1.29 is 22.7 Å². The number of carbonyl (C=O) groups excluding carboxylic acids is 2. The minimum atomic E-state index is -4.25. The van der Waals surface area contributed by atoms with Crippen molar-refractivity contribution in [3.8, 4) is 5.75 Å². The van der Waals surface area contributed by atoms with Gasteiger partial charge in [0.1, 0.15) is 18.3 Å². The summed E-state index contributed by atoms with van der Waals surface area (Å²) < 4.78 is 35.3. The van der Waals surface area contributed by atoms with Gasteiger partial charge in [-0.05, 0) is 55.3 Å². The van der Waals surface area contributed by atoms with Gasteiger partial charge in [-0.25, -0.2) is 8.42 Å². The van der Waals surface area contributed by atoms with Crippen molar-refractivity contribution >= 4 is 39.1 Å². The third kappa shape index (κ3) is 7.78. The molecule has 230 valence electrons. The highest BCUT2D eigenvalue weighted by molar-refractivity contribution is 7.92. The number of likely N-dealkylation sites (N-methyl/N-ethyl adjacent to an activating group) is 1. The molecule has 0 aliphatic heterocycles. The van der Waals surface area contributed by atoms with Gasteiger partial charge < -0.3 is 15.0 Å². The molecule has 8 nitrogen and oxygen atoms in total. The predicted molar refractivity (Wildman–Crippen MR) is 173 cm³/mol. The number of nitrogens with zero attached hydrogens (tertiary/aromatic N) is 2. The maximum absolute atomic E-state index is 14.5. The van der Waals surface area contributed by atoms with Crippen LogP contribution in [0.25, 0.3) is 0 Å². The first-order valence-electron chi connectivity index (χ1n) is 14.2. The summed E-state index contributed by atoms with van der Waals surface area (Å²) in [6, 6.07) is 28.5. The Bertz CT molecular complexity index is 1680. The second-order valence-corrected chi connectivity index (χ2v) is 12.4. The fourth-order valence-electron chi connectivity index (χ4n) is 4.82. The molecule has 1 unspecified atom stereocenters. The second kappa shape index (κ2) is 14.9. The first-order chi connectivity index (χ1) is 21.1. The lowest BCUT2D eigenvalue weighted by atomic mass is 10.0. The summed E-state index contributed by atoms with van der Waals surface area (Å²) in [6.45, 7) is 3.34. The Hall–Kier alpha value is -4.34. The van der Waals surface area contributed by atoms with Gasteiger partial charge in [0.05, 0.1) is 17.2 Å². The fraction of sp³-hybridized carbons (Fsp3) is 0.235. The van der Waals surface area contributed by atoms with Crippen LogP contribution in [0.15, 0.2) is 108 Å². The van der Waals surface area contributed by atoms with Gasteiger partial charge in [0.25, 0.3) is 10.0 Å². The highest BCUT2D eigenvalue weighted by Crippen LogP contribution is 2.33. The molecule has 0 radical (unpaired) electrons. The van der Waals surface area contributed by atoms with Crippen LogP contribution < -0.4 is 14.4 Å². The van der Waals surface area contributed by atoms with Gasteiger partial charge in [-0.15, -0.1) is 0 Å². The lowest BCUT2D eigenvalue weighted by Crippen LogP contribution is -2.53. The lowest BCUT2D eigenvalue weighted by Gasteiger charge is -2.34. The normalized spacial score (nSPS) is 11.8. The van der Waals surface area contributed by atoms with E-state index in [4.69, 9.17) is 16.3 Å². The number of amides is 2. The van der Waals surface area contributed by atoms with Crippen LogP contribution >= 0.6 is 11.6 Å². The fourth-order valence-corrected chi connectivity index (χ4v) is 6.44. The van der Waals surface area contributed by atoms with Gasteiger partial charge in [-0.3, -0.25) is 13.9 Å². The van der Waals surface area contributed by atoms with E-state index in [-0.39, 0.29) is 30.2 Å². The monoisotopic (exact) mass is 633 g/mol.